The van der Waals surface area contributed by atoms with Gasteiger partial charge >= 0.3 is 0 Å². The van der Waals surface area contributed by atoms with Gasteiger partial charge in [-0.3, -0.25) is 0 Å². The topological polar surface area (TPSA) is 0 Å². The minimum Gasteiger partial charge on any atom is -0.103 e. The summed E-state index contributed by atoms with van der Waals surface area (Å²) in [5.74, 6) is 0. The number of hydrogen-bond donors (Lipinski definition) is 0. The van der Waals surface area contributed by atoms with E-state index in [0.717, 1.165) is 6.42 Å². The van der Waals surface area contributed by atoms with Crippen molar-refractivity contribution >= 4 is 7.92 Å². The number of fused-ring (bicyclic) bond motifs is 1. The fourth-order valence-corrected chi connectivity index (χ4v) is 4.88. The number of allylic oxidation sites excluding steroid dienone is 7. The van der Waals surface area contributed by atoms with E-state index in [4.69, 9.17) is 0 Å². The highest BCUT2D eigenvalue weighted by Gasteiger charge is 2.24. The third kappa shape index (κ3) is 2.55. The van der Waals surface area contributed by atoms with Crippen LogP contribution in [-0.2, 0) is 0 Å². The van der Waals surface area contributed by atoms with Gasteiger partial charge in [0.1, 0.15) is 0 Å². The molecular formula is C15H21P. The van der Waals surface area contributed by atoms with Crippen LogP contribution in [-0.4, -0.2) is 12.3 Å². The molecule has 0 nitrogen and oxygen atoms in total. The molecular weight excluding hydrogens is 211 g/mol. The minimum atomic E-state index is 0.148. The summed E-state index contributed by atoms with van der Waals surface area (Å²) in [5.41, 5.74) is 2.98. The van der Waals surface area contributed by atoms with E-state index in [1.807, 2.05) is 6.08 Å². The van der Waals surface area contributed by atoms with Crippen LogP contribution >= 0.6 is 7.92 Å². The van der Waals surface area contributed by atoms with E-state index in [1.54, 1.807) is 5.31 Å². The lowest BCUT2D eigenvalue weighted by Gasteiger charge is -2.12. The Labute approximate surface area is 101 Å². The maximum absolute atomic E-state index is 3.81. The summed E-state index contributed by atoms with van der Waals surface area (Å²) in [7, 11) is 0.148. The summed E-state index contributed by atoms with van der Waals surface area (Å²) in [4.78, 5) is 0. The van der Waals surface area contributed by atoms with Gasteiger partial charge in [0, 0.05) is 0 Å². The molecule has 2 aliphatic rings. The summed E-state index contributed by atoms with van der Waals surface area (Å²) in [6.07, 6.45) is 17.2. The SMILES string of the molecule is C=CCC1=CC2=CCP(CCCCC)C2=C1. The summed E-state index contributed by atoms with van der Waals surface area (Å²) in [5, 5.41) is 1.67. The molecule has 1 heteroatoms. The molecule has 16 heavy (non-hydrogen) atoms. The maximum atomic E-state index is 3.81. The quantitative estimate of drug-likeness (QED) is 0.343. The normalized spacial score (nSPS) is 22.6. The van der Waals surface area contributed by atoms with Gasteiger partial charge in [-0.25, -0.2) is 0 Å². The van der Waals surface area contributed by atoms with Gasteiger partial charge in [0.15, 0.2) is 0 Å². The van der Waals surface area contributed by atoms with Crippen molar-refractivity contribution in [3.63, 3.8) is 0 Å². The molecule has 0 bridgehead atoms. The molecule has 1 aliphatic heterocycles. The Morgan fingerprint density at radius 2 is 2.25 bits per heavy atom. The van der Waals surface area contributed by atoms with Crippen LogP contribution in [0.25, 0.3) is 0 Å². The van der Waals surface area contributed by atoms with Crippen molar-refractivity contribution in [1.82, 2.24) is 0 Å². The molecule has 0 radical (unpaired) electrons. The van der Waals surface area contributed by atoms with Crippen LogP contribution < -0.4 is 0 Å². The predicted octanol–water partition coefficient (Wildman–Crippen LogP) is 5.00. The first-order valence-electron chi connectivity index (χ1n) is 6.33. The Hall–Kier alpha value is -0.610. The second-order valence-corrected chi connectivity index (χ2v) is 6.93. The first kappa shape index (κ1) is 11.9. The van der Waals surface area contributed by atoms with Crippen LogP contribution in [0.4, 0.5) is 0 Å². The monoisotopic (exact) mass is 232 g/mol. The molecule has 0 saturated carbocycles. The van der Waals surface area contributed by atoms with Gasteiger partial charge in [0.05, 0.1) is 0 Å². The number of hydrogen-bond acceptors (Lipinski definition) is 0. The highest BCUT2D eigenvalue weighted by Crippen LogP contribution is 2.56. The van der Waals surface area contributed by atoms with Crippen molar-refractivity contribution in [2.45, 2.75) is 32.6 Å². The van der Waals surface area contributed by atoms with Crippen LogP contribution in [0.3, 0.4) is 0 Å². The van der Waals surface area contributed by atoms with E-state index in [-0.39, 0.29) is 7.92 Å². The fourth-order valence-electron chi connectivity index (χ4n) is 2.37. The summed E-state index contributed by atoms with van der Waals surface area (Å²) >= 11 is 0. The van der Waals surface area contributed by atoms with Crippen molar-refractivity contribution in [3.8, 4) is 0 Å². The second-order valence-electron chi connectivity index (χ2n) is 4.55. The zero-order chi connectivity index (χ0) is 11.4. The van der Waals surface area contributed by atoms with E-state index < -0.39 is 0 Å². The molecule has 86 valence electrons. The Kier molecular flexibility index (Phi) is 4.18. The molecule has 1 heterocycles. The summed E-state index contributed by atoms with van der Waals surface area (Å²) in [6.45, 7) is 6.10. The van der Waals surface area contributed by atoms with Crippen LogP contribution in [0.1, 0.15) is 32.6 Å². The summed E-state index contributed by atoms with van der Waals surface area (Å²) in [6, 6.07) is 0. The van der Waals surface area contributed by atoms with Crippen molar-refractivity contribution < 1.29 is 0 Å². The average molecular weight is 232 g/mol. The van der Waals surface area contributed by atoms with E-state index in [0.29, 0.717) is 0 Å². The van der Waals surface area contributed by atoms with Crippen molar-refractivity contribution in [2.24, 2.45) is 0 Å². The van der Waals surface area contributed by atoms with Gasteiger partial charge in [-0.05, 0) is 41.6 Å². The molecule has 0 N–H and O–H groups in total. The molecule has 0 aromatic carbocycles. The Morgan fingerprint density at radius 3 is 3.00 bits per heavy atom. The van der Waals surface area contributed by atoms with Gasteiger partial charge in [-0.1, -0.05) is 52.0 Å². The highest BCUT2D eigenvalue weighted by molar-refractivity contribution is 7.63. The first-order chi connectivity index (χ1) is 7.85. The third-order valence-electron chi connectivity index (χ3n) is 3.24. The van der Waals surface area contributed by atoms with E-state index >= 15 is 0 Å². The van der Waals surface area contributed by atoms with Crippen LogP contribution in [0.2, 0.25) is 0 Å². The smallest absolute Gasteiger partial charge is 0.00950 e. The van der Waals surface area contributed by atoms with Crippen molar-refractivity contribution in [2.75, 3.05) is 12.3 Å². The van der Waals surface area contributed by atoms with E-state index in [9.17, 15) is 0 Å². The van der Waals surface area contributed by atoms with Gasteiger partial charge in [0.25, 0.3) is 0 Å². The van der Waals surface area contributed by atoms with Gasteiger partial charge < -0.3 is 0 Å². The zero-order valence-corrected chi connectivity index (χ0v) is 11.1. The molecule has 0 aromatic rings. The molecule has 2 rings (SSSR count). The van der Waals surface area contributed by atoms with Crippen molar-refractivity contribution in [3.05, 3.63) is 47.3 Å². The zero-order valence-electron chi connectivity index (χ0n) is 10.2. The largest absolute Gasteiger partial charge is 0.103 e. The van der Waals surface area contributed by atoms with Gasteiger partial charge in [-0.15, -0.1) is 6.58 Å². The van der Waals surface area contributed by atoms with Gasteiger partial charge in [0.2, 0.25) is 0 Å². The Bertz CT molecular complexity index is 358. The molecule has 0 fully saturated rings. The van der Waals surface area contributed by atoms with E-state index in [1.165, 1.54) is 42.7 Å². The molecule has 0 spiro atoms. The molecule has 0 amide bonds. The molecule has 1 aliphatic carbocycles. The maximum Gasteiger partial charge on any atom is -0.00950 e. The predicted molar refractivity (Wildman–Crippen MR) is 75.2 cm³/mol. The number of unbranched alkanes of at least 4 members (excludes halogenated alkanes) is 2. The molecule has 0 aromatic heterocycles. The molecule has 1 unspecified atom stereocenters. The lowest BCUT2D eigenvalue weighted by molar-refractivity contribution is 0.776. The standard InChI is InChI=1S/C15H21P/c1-3-5-6-9-16-10-8-14-11-13(7-4-2)12-15(14)16/h4,8,11-12H,2-3,5-7,9-10H2,1H3. The highest BCUT2D eigenvalue weighted by atomic mass is 31.1. The third-order valence-corrected chi connectivity index (χ3v) is 5.79. The van der Waals surface area contributed by atoms with Gasteiger partial charge in [-0.2, -0.15) is 0 Å². The molecule has 0 saturated heterocycles. The van der Waals surface area contributed by atoms with E-state index in [2.05, 4.69) is 31.7 Å². The van der Waals surface area contributed by atoms with Crippen LogP contribution in [0.5, 0.6) is 0 Å². The minimum absolute atomic E-state index is 0.148. The Morgan fingerprint density at radius 1 is 1.38 bits per heavy atom. The lowest BCUT2D eigenvalue weighted by atomic mass is 10.2. The van der Waals surface area contributed by atoms with Crippen LogP contribution in [0.15, 0.2) is 47.3 Å². The second kappa shape index (κ2) is 5.64. The first-order valence-corrected chi connectivity index (χ1v) is 8.05. The number of rotatable bonds is 6. The average Bonchev–Trinajstić information content (AvgIpc) is 2.80. The lowest BCUT2D eigenvalue weighted by Crippen LogP contribution is -1.86. The van der Waals surface area contributed by atoms with Crippen molar-refractivity contribution in [1.29, 1.82) is 0 Å². The Balaban J connectivity index is 1.93. The van der Waals surface area contributed by atoms with Crippen LogP contribution in [0, 0.1) is 0 Å². The molecule has 1 atom stereocenters. The fraction of sp³-hybridized carbons (Fsp3) is 0.467. The summed E-state index contributed by atoms with van der Waals surface area (Å²) < 4.78 is 0.